The summed E-state index contributed by atoms with van der Waals surface area (Å²) < 4.78 is 9.64. The molecule has 65 heavy (non-hydrogen) atoms. The third kappa shape index (κ3) is 5.72. The van der Waals surface area contributed by atoms with Gasteiger partial charge >= 0.3 is 0 Å². The van der Waals surface area contributed by atoms with Gasteiger partial charge in [0.2, 0.25) is 0 Å². The monoisotopic (exact) mass is 793 g/mol. The summed E-state index contributed by atoms with van der Waals surface area (Å²) in [5, 5.41) is 2.15. The summed E-state index contributed by atoms with van der Waals surface area (Å²) in [5.74, 6) is -0.0807. The largest absolute Gasteiger partial charge is 0.450 e. The van der Waals surface area contributed by atoms with Gasteiger partial charge in [-0.25, -0.2) is 9.97 Å². The Bertz CT molecular complexity index is 3860. The van der Waals surface area contributed by atoms with Crippen LogP contribution in [0.15, 0.2) is 22.6 Å². The van der Waals surface area contributed by atoms with Gasteiger partial charge in [0.25, 0.3) is 0 Å². The maximum atomic E-state index is 7.13. The highest BCUT2D eigenvalue weighted by molar-refractivity contribution is 7.28. The van der Waals surface area contributed by atoms with Crippen molar-refractivity contribution in [3.63, 3.8) is 0 Å². The Morgan fingerprint density at radius 1 is 0.385 bits per heavy atom. The van der Waals surface area contributed by atoms with Gasteiger partial charge in [-0.05, 0) is 28.5 Å². The highest BCUT2D eigenvalue weighted by Gasteiger charge is 2.29. The number of thiophene rings is 1. The number of fused-ring (bicyclic) bond motifs is 10. The fourth-order valence-corrected chi connectivity index (χ4v) is 10.1. The second kappa shape index (κ2) is 15.0. The van der Waals surface area contributed by atoms with Crippen molar-refractivity contribution in [2.45, 2.75) is 0 Å². The van der Waals surface area contributed by atoms with E-state index in [-0.39, 0.29) is 149 Å². The zero-order valence-electron chi connectivity index (χ0n) is 33.9. The predicted molar refractivity (Wildman–Crippen MR) is 295 cm³/mol. The SMILES string of the molecule is [B]c1c([B])c([B])c(-c2nc(-c3c([B])c([B])c([B])c([B])c3[B])c3oc4c(-n5c6c([B])c([B])c([B])c([B])c6c6c7sc8c([B])c([B])c([B])c([B])c8c7c([B])c([B])c65)cccc4c3n2)c([B])c1[B]. The zero-order chi connectivity index (χ0) is 46.9. The quantitative estimate of drug-likeness (QED) is 0.167. The standard InChI is InChI=1S/C40H3B20N3OS/c41-12-6-9-35(29(58)14(43)7-8-13(42)20(49)28(57)31(60)39(8)65-38(7)9)63(34(6)30(59)27(56)19(12)48)5-3-1-2-4-32-37(64-36(4)5)33(10-15(44)21(50)25(54)22(51)16(10)45)62-40(61-32)11-17(46)23(52)26(55)24(53)18(11)47/h1-3H. The second-order valence-electron chi connectivity index (χ2n) is 15.6. The Kier molecular flexibility index (Phi) is 10.2. The van der Waals surface area contributed by atoms with Crippen LogP contribution < -0.4 is 109 Å². The summed E-state index contributed by atoms with van der Waals surface area (Å²) >= 11 is 1.24. The van der Waals surface area contributed by atoms with Gasteiger partial charge in [-0.15, -0.1) is 66.0 Å². The predicted octanol–water partition coefficient (Wildman–Crippen LogP) is -12.9. The number of hydrogen-bond donors (Lipinski definition) is 0. The molecule has 0 aliphatic heterocycles. The van der Waals surface area contributed by atoms with Gasteiger partial charge in [0.1, 0.15) is 168 Å². The molecule has 0 saturated carbocycles. The molecular formula is C40H3B20N3OS. The molecule has 40 radical (unpaired) electrons. The van der Waals surface area contributed by atoms with Crippen LogP contribution in [0.1, 0.15) is 0 Å². The van der Waals surface area contributed by atoms with Crippen LogP contribution in [-0.2, 0) is 0 Å². The van der Waals surface area contributed by atoms with Crippen molar-refractivity contribution in [2.75, 3.05) is 0 Å². The first kappa shape index (κ1) is 44.4. The van der Waals surface area contributed by atoms with Crippen LogP contribution in [0, 0.1) is 0 Å². The van der Waals surface area contributed by atoms with E-state index in [0.717, 1.165) is 0 Å². The number of aromatic nitrogens is 3. The van der Waals surface area contributed by atoms with E-state index < -0.39 is 0 Å². The Labute approximate surface area is 404 Å². The minimum atomic E-state index is -0.0807. The Morgan fingerprint density at radius 2 is 0.815 bits per heavy atom. The van der Waals surface area contributed by atoms with Crippen molar-refractivity contribution in [3.8, 4) is 28.3 Å². The van der Waals surface area contributed by atoms with Crippen molar-refractivity contribution in [1.29, 1.82) is 0 Å². The molecule has 0 N–H and O–H groups in total. The van der Waals surface area contributed by atoms with Crippen LogP contribution in [0.5, 0.6) is 0 Å². The van der Waals surface area contributed by atoms with E-state index in [0.29, 0.717) is 53.1 Å². The lowest BCUT2D eigenvalue weighted by Crippen LogP contribution is -2.55. The van der Waals surface area contributed by atoms with E-state index in [4.69, 9.17) is 171 Å². The van der Waals surface area contributed by atoms with Crippen LogP contribution in [0.25, 0.3) is 92.4 Å². The van der Waals surface area contributed by atoms with Gasteiger partial charge in [0.05, 0.1) is 5.69 Å². The average molecular weight is 790 g/mol. The molecule has 0 aliphatic carbocycles. The topological polar surface area (TPSA) is 43.9 Å². The lowest BCUT2D eigenvalue weighted by molar-refractivity contribution is 0.665. The molecule has 0 bridgehead atoms. The minimum absolute atomic E-state index is 0.000724. The molecule has 0 aliphatic rings. The third-order valence-corrected chi connectivity index (χ3v) is 13.6. The Morgan fingerprint density at radius 3 is 1.40 bits per heavy atom. The molecule has 10 aromatic rings. The molecule has 6 aromatic carbocycles. The molecule has 4 nitrogen and oxygen atoms in total. The minimum Gasteiger partial charge on any atom is -0.450 e. The number of nitrogens with zero attached hydrogens (tertiary/aromatic N) is 3. The van der Waals surface area contributed by atoms with E-state index in [2.05, 4.69) is 0 Å². The van der Waals surface area contributed by atoms with Crippen molar-refractivity contribution in [3.05, 3.63) is 18.2 Å². The van der Waals surface area contributed by atoms with E-state index in [9.17, 15) is 0 Å². The Balaban J connectivity index is 1.43. The Hall–Kier alpha value is -4.48. The van der Waals surface area contributed by atoms with Crippen molar-refractivity contribution < 1.29 is 4.42 Å². The lowest BCUT2D eigenvalue weighted by Gasteiger charge is -2.22. The van der Waals surface area contributed by atoms with Crippen molar-refractivity contribution in [1.82, 2.24) is 14.5 Å². The molecule has 0 atom stereocenters. The molecule has 0 fully saturated rings. The van der Waals surface area contributed by atoms with Crippen molar-refractivity contribution in [2.24, 2.45) is 0 Å². The van der Waals surface area contributed by atoms with Crippen molar-refractivity contribution >= 4 is 342 Å². The number of furan rings is 1. The van der Waals surface area contributed by atoms with E-state index in [1.165, 1.54) is 11.3 Å². The summed E-state index contributed by atoms with van der Waals surface area (Å²) in [6.07, 6.45) is 0. The molecule has 0 unspecified atom stereocenters. The van der Waals surface area contributed by atoms with E-state index >= 15 is 0 Å². The molecule has 10 rings (SSSR count). The summed E-state index contributed by atoms with van der Waals surface area (Å²) in [4.78, 5) is 9.82. The molecule has 4 heterocycles. The van der Waals surface area contributed by atoms with Crippen LogP contribution in [-0.4, -0.2) is 171 Å². The number of benzene rings is 6. The van der Waals surface area contributed by atoms with Crippen LogP contribution in [0.3, 0.4) is 0 Å². The smallest absolute Gasteiger partial charge is 0.180 e. The second-order valence-corrected chi connectivity index (χ2v) is 16.7. The van der Waals surface area contributed by atoms with Gasteiger partial charge in [-0.2, -0.15) is 0 Å². The summed E-state index contributed by atoms with van der Waals surface area (Å²) in [7, 11) is 131. The summed E-state index contributed by atoms with van der Waals surface area (Å²) in [6, 6.07) is 5.21. The molecule has 25 heteroatoms. The lowest BCUT2D eigenvalue weighted by atomic mass is 9.60. The van der Waals surface area contributed by atoms with Gasteiger partial charge in [-0.1, -0.05) is 60.7 Å². The molecule has 250 valence electrons. The fraction of sp³-hybridized carbons (Fsp3) is 0. The zero-order valence-corrected chi connectivity index (χ0v) is 34.8. The maximum Gasteiger partial charge on any atom is 0.180 e. The normalized spacial score (nSPS) is 12.0. The first-order chi connectivity index (χ1) is 30.6. The van der Waals surface area contributed by atoms with Gasteiger partial charge < -0.3 is 8.98 Å². The van der Waals surface area contributed by atoms with Crippen LogP contribution in [0.2, 0.25) is 0 Å². The molecule has 4 aromatic heterocycles. The maximum absolute atomic E-state index is 7.13. The first-order valence-electron chi connectivity index (χ1n) is 19.1. The molecule has 0 amide bonds. The highest BCUT2D eigenvalue weighted by Crippen LogP contribution is 2.42. The molecular weight excluding hydrogens is 787 g/mol. The van der Waals surface area contributed by atoms with Gasteiger partial charge in [0, 0.05) is 42.2 Å². The highest BCUT2D eigenvalue weighted by atomic mass is 32.1. The van der Waals surface area contributed by atoms with Gasteiger partial charge in [-0.3, -0.25) is 0 Å². The average Bonchev–Trinajstić information content (AvgIpc) is 3.99. The summed E-state index contributed by atoms with van der Waals surface area (Å²) in [5.41, 5.74) is 1.85. The number of rotatable bonds is 3. The third-order valence-electron chi connectivity index (χ3n) is 12.3. The van der Waals surface area contributed by atoms with E-state index in [1.807, 2.05) is 0 Å². The fourth-order valence-electron chi connectivity index (χ4n) is 8.78. The van der Waals surface area contributed by atoms with E-state index in [1.54, 1.807) is 22.8 Å². The summed E-state index contributed by atoms with van der Waals surface area (Å²) in [6.45, 7) is 0. The number of para-hydroxylation sites is 1. The van der Waals surface area contributed by atoms with Crippen LogP contribution >= 0.6 is 11.3 Å². The molecule has 0 spiro atoms. The molecule has 0 saturated heterocycles. The van der Waals surface area contributed by atoms with Crippen LogP contribution in [0.4, 0.5) is 0 Å². The number of hydrogen-bond acceptors (Lipinski definition) is 4. The van der Waals surface area contributed by atoms with Gasteiger partial charge in [0.15, 0.2) is 17.0 Å². The first-order valence-corrected chi connectivity index (χ1v) is 20.0.